The Balaban J connectivity index is 1.38. The predicted octanol–water partition coefficient (Wildman–Crippen LogP) is 0.750. The summed E-state index contributed by atoms with van der Waals surface area (Å²) >= 11 is 0. The van der Waals surface area contributed by atoms with Gasteiger partial charge in [0.15, 0.2) is 27.9 Å². The van der Waals surface area contributed by atoms with E-state index in [0.29, 0.717) is 17.9 Å². The van der Waals surface area contributed by atoms with E-state index in [0.717, 1.165) is 12.8 Å². The molecule has 1 aromatic carbocycles. The maximum atomic E-state index is 12.6. The molecule has 0 unspecified atom stereocenters. The molecular formula is C17H19NO7S. The summed E-state index contributed by atoms with van der Waals surface area (Å²) in [5, 5.41) is 0. The number of nitrogens with zero attached hydrogens (tertiary/aromatic N) is 1. The number of sulfone groups is 1. The molecule has 1 saturated heterocycles. The first-order valence-corrected chi connectivity index (χ1v) is 10.3. The van der Waals surface area contributed by atoms with Gasteiger partial charge in [-0.15, -0.1) is 0 Å². The zero-order valence-corrected chi connectivity index (χ0v) is 14.9. The van der Waals surface area contributed by atoms with Crippen LogP contribution in [0.5, 0.6) is 11.5 Å². The molecule has 1 aliphatic carbocycles. The summed E-state index contributed by atoms with van der Waals surface area (Å²) in [4.78, 5) is 26.4. The van der Waals surface area contributed by atoms with Crippen molar-refractivity contribution in [3.63, 3.8) is 0 Å². The number of ether oxygens (including phenoxy) is 3. The van der Waals surface area contributed by atoms with Crippen molar-refractivity contribution in [3.8, 4) is 11.5 Å². The Bertz CT molecular complexity index is 847. The maximum Gasteiger partial charge on any atom is 0.338 e. The van der Waals surface area contributed by atoms with E-state index in [9.17, 15) is 18.0 Å². The Morgan fingerprint density at radius 3 is 2.58 bits per heavy atom. The van der Waals surface area contributed by atoms with Gasteiger partial charge in [0.05, 0.1) is 17.1 Å². The van der Waals surface area contributed by atoms with E-state index in [-0.39, 0.29) is 41.9 Å². The molecular weight excluding hydrogens is 362 g/mol. The molecule has 0 N–H and O–H groups in total. The third-order valence-corrected chi connectivity index (χ3v) is 6.52. The van der Waals surface area contributed by atoms with Crippen LogP contribution >= 0.6 is 0 Å². The van der Waals surface area contributed by atoms with E-state index in [1.54, 1.807) is 17.0 Å². The minimum atomic E-state index is -3.09. The second-order valence-electron chi connectivity index (χ2n) is 6.73. The fourth-order valence-corrected chi connectivity index (χ4v) is 5.07. The number of carbonyl (C=O) groups is 2. The van der Waals surface area contributed by atoms with Crippen molar-refractivity contribution in [3.05, 3.63) is 23.8 Å². The van der Waals surface area contributed by atoms with Gasteiger partial charge in [-0.2, -0.15) is 0 Å². The molecule has 2 heterocycles. The normalized spacial score (nSPS) is 22.8. The highest BCUT2D eigenvalue weighted by atomic mass is 32.2. The van der Waals surface area contributed by atoms with Gasteiger partial charge in [0.25, 0.3) is 5.91 Å². The largest absolute Gasteiger partial charge is 0.454 e. The van der Waals surface area contributed by atoms with E-state index in [1.807, 2.05) is 0 Å². The molecule has 4 rings (SSSR count). The van der Waals surface area contributed by atoms with Crippen LogP contribution in [0.3, 0.4) is 0 Å². The molecule has 0 aromatic heterocycles. The summed E-state index contributed by atoms with van der Waals surface area (Å²) in [6.07, 6.45) is 2.16. The fourth-order valence-electron chi connectivity index (χ4n) is 3.36. The van der Waals surface area contributed by atoms with Crippen molar-refractivity contribution in [2.75, 3.05) is 24.9 Å². The zero-order chi connectivity index (χ0) is 18.3. The first kappa shape index (κ1) is 17.1. The summed E-state index contributed by atoms with van der Waals surface area (Å²) in [6, 6.07) is 4.41. The Kier molecular flexibility index (Phi) is 4.26. The summed E-state index contributed by atoms with van der Waals surface area (Å²) in [7, 11) is -3.09. The molecule has 1 atom stereocenters. The fraction of sp³-hybridized carbons (Fsp3) is 0.529. The number of hydrogen-bond acceptors (Lipinski definition) is 7. The quantitative estimate of drug-likeness (QED) is 0.694. The molecule has 140 valence electrons. The molecule has 2 fully saturated rings. The molecule has 9 heteroatoms. The third kappa shape index (κ3) is 3.48. The molecule has 0 radical (unpaired) electrons. The van der Waals surface area contributed by atoms with E-state index in [1.165, 1.54) is 6.07 Å². The van der Waals surface area contributed by atoms with Crippen LogP contribution < -0.4 is 9.47 Å². The van der Waals surface area contributed by atoms with Gasteiger partial charge in [0.1, 0.15) is 0 Å². The summed E-state index contributed by atoms with van der Waals surface area (Å²) in [5.74, 6) is 0.132. The number of benzene rings is 1. The van der Waals surface area contributed by atoms with Crippen LogP contribution in [0.2, 0.25) is 0 Å². The van der Waals surface area contributed by atoms with Crippen molar-refractivity contribution in [2.24, 2.45) is 0 Å². The van der Waals surface area contributed by atoms with Gasteiger partial charge in [-0.05, 0) is 37.5 Å². The lowest BCUT2D eigenvalue weighted by atomic mass is 10.2. The Morgan fingerprint density at radius 2 is 1.88 bits per heavy atom. The second-order valence-corrected chi connectivity index (χ2v) is 8.96. The highest BCUT2D eigenvalue weighted by Crippen LogP contribution is 2.33. The third-order valence-electron chi connectivity index (χ3n) is 4.77. The molecule has 2 aliphatic heterocycles. The number of carbonyl (C=O) groups excluding carboxylic acids is 2. The molecule has 26 heavy (non-hydrogen) atoms. The molecule has 1 amide bonds. The highest BCUT2D eigenvalue weighted by molar-refractivity contribution is 7.91. The van der Waals surface area contributed by atoms with Crippen molar-refractivity contribution >= 4 is 21.7 Å². The standard InChI is InChI=1S/C17H19NO7S/c19-16(18(12-2-3-12)13-5-6-26(21,22)9-13)8-23-17(20)11-1-4-14-15(7-11)25-10-24-14/h1,4,7,12-13H,2-3,5-6,8-10H2/t13-/m1/s1. The van der Waals surface area contributed by atoms with Crippen LogP contribution in [0, 0.1) is 0 Å². The van der Waals surface area contributed by atoms with Gasteiger partial charge >= 0.3 is 5.97 Å². The highest BCUT2D eigenvalue weighted by Gasteiger charge is 2.42. The summed E-state index contributed by atoms with van der Waals surface area (Å²) in [5.41, 5.74) is 0.267. The van der Waals surface area contributed by atoms with E-state index < -0.39 is 22.4 Å². The van der Waals surface area contributed by atoms with Crippen LogP contribution in [-0.2, 0) is 19.4 Å². The van der Waals surface area contributed by atoms with Crippen LogP contribution in [0.25, 0.3) is 0 Å². The average Bonchev–Trinajstić information content (AvgIpc) is 3.20. The van der Waals surface area contributed by atoms with Crippen LogP contribution in [0.4, 0.5) is 0 Å². The number of amides is 1. The molecule has 1 saturated carbocycles. The van der Waals surface area contributed by atoms with Crippen LogP contribution in [0.1, 0.15) is 29.6 Å². The average molecular weight is 381 g/mol. The van der Waals surface area contributed by atoms with Gasteiger partial charge in [0, 0.05) is 12.1 Å². The van der Waals surface area contributed by atoms with Crippen molar-refractivity contribution in [1.82, 2.24) is 4.90 Å². The molecule has 8 nitrogen and oxygen atoms in total. The predicted molar refractivity (Wildman–Crippen MR) is 89.8 cm³/mol. The monoisotopic (exact) mass is 381 g/mol. The topological polar surface area (TPSA) is 99.2 Å². The van der Waals surface area contributed by atoms with E-state index in [2.05, 4.69) is 0 Å². The Labute approximate surface area is 150 Å². The number of hydrogen-bond donors (Lipinski definition) is 0. The lowest BCUT2D eigenvalue weighted by molar-refractivity contribution is -0.137. The number of fused-ring (bicyclic) bond motifs is 1. The zero-order valence-electron chi connectivity index (χ0n) is 14.0. The van der Waals surface area contributed by atoms with Crippen LogP contribution in [0.15, 0.2) is 18.2 Å². The van der Waals surface area contributed by atoms with Crippen molar-refractivity contribution in [2.45, 2.75) is 31.3 Å². The van der Waals surface area contributed by atoms with Gasteiger partial charge in [-0.3, -0.25) is 4.79 Å². The molecule has 1 aromatic rings. The van der Waals surface area contributed by atoms with Gasteiger partial charge in [-0.1, -0.05) is 0 Å². The van der Waals surface area contributed by atoms with Gasteiger partial charge < -0.3 is 19.1 Å². The SMILES string of the molecule is O=C(OCC(=O)N(C1CC1)[C@@H]1CCS(=O)(=O)C1)c1ccc2c(c1)OCO2. The first-order chi connectivity index (χ1) is 12.4. The minimum Gasteiger partial charge on any atom is -0.454 e. The molecule has 3 aliphatic rings. The molecule has 0 spiro atoms. The Morgan fingerprint density at radius 1 is 1.12 bits per heavy atom. The van der Waals surface area contributed by atoms with Gasteiger partial charge in [-0.25, -0.2) is 13.2 Å². The van der Waals surface area contributed by atoms with Crippen LogP contribution in [-0.4, -0.2) is 62.2 Å². The minimum absolute atomic E-state index is 0.00858. The number of rotatable bonds is 5. The Hall–Kier alpha value is -2.29. The van der Waals surface area contributed by atoms with Crippen molar-refractivity contribution < 1.29 is 32.2 Å². The van der Waals surface area contributed by atoms with E-state index in [4.69, 9.17) is 14.2 Å². The lowest BCUT2D eigenvalue weighted by Crippen LogP contribution is -2.44. The molecule has 0 bridgehead atoms. The summed E-state index contributed by atoms with van der Waals surface area (Å²) < 4.78 is 39.0. The van der Waals surface area contributed by atoms with Gasteiger partial charge in [0.2, 0.25) is 6.79 Å². The maximum absolute atomic E-state index is 12.6. The number of esters is 1. The lowest BCUT2D eigenvalue weighted by Gasteiger charge is -2.28. The van der Waals surface area contributed by atoms with E-state index >= 15 is 0 Å². The smallest absolute Gasteiger partial charge is 0.338 e. The summed E-state index contributed by atoms with van der Waals surface area (Å²) in [6.45, 7) is -0.298. The van der Waals surface area contributed by atoms with Crippen molar-refractivity contribution in [1.29, 1.82) is 0 Å². The first-order valence-electron chi connectivity index (χ1n) is 8.51. The second kappa shape index (κ2) is 6.46.